The molecule has 0 aliphatic carbocycles. The summed E-state index contributed by atoms with van der Waals surface area (Å²) in [5.74, 6) is 0.886. The molecule has 0 saturated heterocycles. The second kappa shape index (κ2) is 7.53. The van der Waals surface area contributed by atoms with Gasteiger partial charge in [-0.3, -0.25) is 4.79 Å². The zero-order chi connectivity index (χ0) is 17.6. The van der Waals surface area contributed by atoms with Crippen LogP contribution in [0.25, 0.3) is 0 Å². The van der Waals surface area contributed by atoms with Crippen LogP contribution in [0.15, 0.2) is 60.9 Å². The number of carbonyl (C=O) groups excluding carboxylic acids is 1. The van der Waals surface area contributed by atoms with E-state index in [2.05, 4.69) is 20.6 Å². The molecule has 3 rings (SSSR count). The molecule has 0 fully saturated rings. The maximum Gasteiger partial charge on any atom is 0.159 e. The summed E-state index contributed by atoms with van der Waals surface area (Å²) in [5.41, 5.74) is 1.94. The molecule has 0 atom stereocenters. The predicted octanol–water partition coefficient (Wildman–Crippen LogP) is 4.17. The van der Waals surface area contributed by atoms with E-state index in [-0.39, 0.29) is 11.6 Å². The van der Waals surface area contributed by atoms with Gasteiger partial charge in [0.05, 0.1) is 0 Å². The van der Waals surface area contributed by atoms with Crippen LogP contribution in [0.4, 0.5) is 21.7 Å². The minimum absolute atomic E-state index is 0.00131. The Kier molecular flexibility index (Phi) is 4.99. The van der Waals surface area contributed by atoms with E-state index in [4.69, 9.17) is 0 Å². The highest BCUT2D eigenvalue weighted by Crippen LogP contribution is 2.18. The minimum Gasteiger partial charge on any atom is -0.366 e. The standard InChI is InChI=1S/C19H17FN4O/c1-13(25)14-6-4-7-16(9-14)24-19-10-18(22-12-23-19)21-11-15-5-2-3-8-17(15)20/h2-10,12H,11H2,1H3,(H2,21,22,23,24). The van der Waals surface area contributed by atoms with Crippen LogP contribution in [-0.2, 0) is 6.54 Å². The number of nitrogens with zero attached hydrogens (tertiary/aromatic N) is 2. The summed E-state index contributed by atoms with van der Waals surface area (Å²) in [7, 11) is 0. The molecule has 0 aliphatic heterocycles. The second-order valence-electron chi connectivity index (χ2n) is 5.50. The van der Waals surface area contributed by atoms with Gasteiger partial charge in [0, 0.05) is 29.4 Å². The van der Waals surface area contributed by atoms with Crippen LogP contribution in [0.5, 0.6) is 0 Å². The zero-order valence-corrected chi connectivity index (χ0v) is 13.7. The molecule has 3 aromatic rings. The number of ketones is 1. The molecule has 0 amide bonds. The average Bonchev–Trinajstić information content (AvgIpc) is 2.61. The van der Waals surface area contributed by atoms with Gasteiger partial charge < -0.3 is 10.6 Å². The van der Waals surface area contributed by atoms with Gasteiger partial charge in [0.15, 0.2) is 5.78 Å². The van der Waals surface area contributed by atoms with Crippen LogP contribution >= 0.6 is 0 Å². The van der Waals surface area contributed by atoms with Crippen molar-refractivity contribution >= 4 is 23.1 Å². The Morgan fingerprint density at radius 1 is 1.04 bits per heavy atom. The lowest BCUT2D eigenvalue weighted by atomic mass is 10.1. The van der Waals surface area contributed by atoms with E-state index in [9.17, 15) is 9.18 Å². The SMILES string of the molecule is CC(=O)c1cccc(Nc2cc(NCc3ccccc3F)ncn2)c1. The van der Waals surface area contributed by atoms with Crippen LogP contribution in [0.2, 0.25) is 0 Å². The minimum atomic E-state index is -0.261. The van der Waals surface area contributed by atoms with Gasteiger partial charge in [-0.2, -0.15) is 0 Å². The Morgan fingerprint density at radius 3 is 2.64 bits per heavy atom. The normalized spacial score (nSPS) is 10.3. The first-order valence-electron chi connectivity index (χ1n) is 7.79. The van der Waals surface area contributed by atoms with Crippen molar-refractivity contribution < 1.29 is 9.18 Å². The van der Waals surface area contributed by atoms with E-state index in [1.54, 1.807) is 42.5 Å². The summed E-state index contributed by atoms with van der Waals surface area (Å²) in [6.07, 6.45) is 1.42. The monoisotopic (exact) mass is 336 g/mol. The molecular formula is C19H17FN4O. The van der Waals surface area contributed by atoms with Crippen LogP contribution in [-0.4, -0.2) is 15.8 Å². The van der Waals surface area contributed by atoms with Gasteiger partial charge >= 0.3 is 0 Å². The van der Waals surface area contributed by atoms with Gasteiger partial charge in [-0.15, -0.1) is 0 Å². The molecule has 1 aromatic heterocycles. The molecule has 0 spiro atoms. The number of aromatic nitrogens is 2. The van der Waals surface area contributed by atoms with Crippen molar-refractivity contribution in [3.8, 4) is 0 Å². The van der Waals surface area contributed by atoms with Crippen molar-refractivity contribution in [3.63, 3.8) is 0 Å². The van der Waals surface area contributed by atoms with E-state index < -0.39 is 0 Å². The molecule has 25 heavy (non-hydrogen) atoms. The maximum absolute atomic E-state index is 13.6. The number of carbonyl (C=O) groups is 1. The third-order valence-corrected chi connectivity index (χ3v) is 3.63. The molecule has 1 heterocycles. The molecule has 0 bridgehead atoms. The highest BCUT2D eigenvalue weighted by Gasteiger charge is 2.04. The number of hydrogen-bond donors (Lipinski definition) is 2. The second-order valence-corrected chi connectivity index (χ2v) is 5.50. The van der Waals surface area contributed by atoms with Gasteiger partial charge in [0.1, 0.15) is 23.8 Å². The molecule has 0 unspecified atom stereocenters. The fourth-order valence-corrected chi connectivity index (χ4v) is 2.31. The van der Waals surface area contributed by atoms with E-state index in [1.807, 2.05) is 6.07 Å². The fraction of sp³-hybridized carbons (Fsp3) is 0.105. The van der Waals surface area contributed by atoms with E-state index in [0.29, 0.717) is 29.3 Å². The molecule has 2 N–H and O–H groups in total. The number of nitrogens with one attached hydrogen (secondary N) is 2. The number of rotatable bonds is 6. The lowest BCUT2D eigenvalue weighted by Gasteiger charge is -2.10. The van der Waals surface area contributed by atoms with Crippen LogP contribution < -0.4 is 10.6 Å². The third-order valence-electron chi connectivity index (χ3n) is 3.63. The van der Waals surface area contributed by atoms with Gasteiger partial charge in [-0.1, -0.05) is 30.3 Å². The molecule has 5 nitrogen and oxygen atoms in total. The topological polar surface area (TPSA) is 66.9 Å². The number of halogens is 1. The molecule has 2 aromatic carbocycles. The van der Waals surface area contributed by atoms with E-state index >= 15 is 0 Å². The number of benzene rings is 2. The largest absolute Gasteiger partial charge is 0.366 e. The summed E-state index contributed by atoms with van der Waals surface area (Å²) >= 11 is 0. The predicted molar refractivity (Wildman–Crippen MR) is 95.5 cm³/mol. The number of anilines is 3. The summed E-state index contributed by atoms with van der Waals surface area (Å²) < 4.78 is 13.6. The van der Waals surface area contributed by atoms with Crippen molar-refractivity contribution in [2.75, 3.05) is 10.6 Å². The average molecular weight is 336 g/mol. The Balaban J connectivity index is 1.70. The fourth-order valence-electron chi connectivity index (χ4n) is 2.31. The molecule has 6 heteroatoms. The lowest BCUT2D eigenvalue weighted by Crippen LogP contribution is -2.04. The van der Waals surface area contributed by atoms with Crippen molar-refractivity contribution in [3.05, 3.63) is 77.9 Å². The van der Waals surface area contributed by atoms with Crippen molar-refractivity contribution in [1.82, 2.24) is 9.97 Å². The molecule has 0 radical (unpaired) electrons. The van der Waals surface area contributed by atoms with Crippen molar-refractivity contribution in [1.29, 1.82) is 0 Å². The van der Waals surface area contributed by atoms with Gasteiger partial charge in [-0.25, -0.2) is 14.4 Å². The zero-order valence-electron chi connectivity index (χ0n) is 13.7. The maximum atomic E-state index is 13.6. The Hall–Kier alpha value is -3.28. The van der Waals surface area contributed by atoms with Gasteiger partial charge in [0.2, 0.25) is 0 Å². The van der Waals surface area contributed by atoms with E-state index in [0.717, 1.165) is 5.69 Å². The first kappa shape index (κ1) is 16.6. The third kappa shape index (κ3) is 4.38. The lowest BCUT2D eigenvalue weighted by molar-refractivity contribution is 0.101. The smallest absolute Gasteiger partial charge is 0.159 e. The molecular weight excluding hydrogens is 319 g/mol. The molecule has 126 valence electrons. The van der Waals surface area contributed by atoms with Crippen molar-refractivity contribution in [2.45, 2.75) is 13.5 Å². The van der Waals surface area contributed by atoms with Crippen LogP contribution in [0, 0.1) is 5.82 Å². The summed E-state index contributed by atoms with van der Waals surface area (Å²) in [6.45, 7) is 1.84. The first-order valence-corrected chi connectivity index (χ1v) is 7.79. The first-order chi connectivity index (χ1) is 12.1. The highest BCUT2D eigenvalue weighted by molar-refractivity contribution is 5.95. The van der Waals surface area contributed by atoms with E-state index in [1.165, 1.54) is 19.3 Å². The number of Topliss-reactive ketones (excluding diaryl/α,β-unsaturated/α-hetero) is 1. The quantitative estimate of drug-likeness (QED) is 0.661. The summed E-state index contributed by atoms with van der Waals surface area (Å²) in [4.78, 5) is 19.8. The van der Waals surface area contributed by atoms with Gasteiger partial charge in [0.25, 0.3) is 0 Å². The number of hydrogen-bond acceptors (Lipinski definition) is 5. The van der Waals surface area contributed by atoms with Crippen molar-refractivity contribution in [2.24, 2.45) is 0 Å². The Labute approximate surface area is 145 Å². The van der Waals surface area contributed by atoms with Gasteiger partial charge in [-0.05, 0) is 25.1 Å². The summed E-state index contributed by atoms with van der Waals surface area (Å²) in [5, 5.41) is 6.20. The molecule has 0 saturated carbocycles. The Bertz CT molecular complexity index is 898. The highest BCUT2D eigenvalue weighted by atomic mass is 19.1. The Morgan fingerprint density at radius 2 is 1.84 bits per heavy atom. The van der Waals surface area contributed by atoms with Crippen LogP contribution in [0.3, 0.4) is 0 Å². The van der Waals surface area contributed by atoms with Crippen LogP contribution in [0.1, 0.15) is 22.8 Å². The summed E-state index contributed by atoms with van der Waals surface area (Å²) in [6, 6.07) is 15.5. The molecule has 0 aliphatic rings.